The van der Waals surface area contributed by atoms with Crippen molar-refractivity contribution in [2.45, 2.75) is 37.8 Å². The molecule has 0 spiro atoms. The van der Waals surface area contributed by atoms with Crippen molar-refractivity contribution in [3.8, 4) is 10.6 Å². The van der Waals surface area contributed by atoms with Crippen molar-refractivity contribution in [1.82, 2.24) is 10.3 Å². The second-order valence-corrected chi connectivity index (χ2v) is 6.87. The van der Waals surface area contributed by atoms with Crippen LogP contribution in [0.2, 0.25) is 5.02 Å². The van der Waals surface area contributed by atoms with Gasteiger partial charge in [0.1, 0.15) is 10.7 Å². The Morgan fingerprint density at radius 3 is 2.73 bits per heavy atom. The predicted octanol–water partition coefficient (Wildman–Crippen LogP) is 3.46. The molecule has 3 rings (SSSR count). The minimum Gasteiger partial charge on any atom is -0.348 e. The molecule has 1 aromatic carbocycles. The van der Waals surface area contributed by atoms with E-state index >= 15 is 0 Å². The SMILES string of the molecule is NC1CCC(NC(=O)c2csc(-c3ccccc3Cl)n2)CC1. The number of hydrogen-bond donors (Lipinski definition) is 2. The maximum absolute atomic E-state index is 12.3. The van der Waals surface area contributed by atoms with Crippen LogP contribution < -0.4 is 11.1 Å². The molecule has 0 aliphatic heterocycles. The average Bonchev–Trinajstić information content (AvgIpc) is 3.00. The molecule has 1 heterocycles. The summed E-state index contributed by atoms with van der Waals surface area (Å²) in [6, 6.07) is 8.00. The molecule has 1 aromatic heterocycles. The smallest absolute Gasteiger partial charge is 0.270 e. The predicted molar refractivity (Wildman–Crippen MR) is 90.3 cm³/mol. The van der Waals surface area contributed by atoms with Crippen molar-refractivity contribution in [1.29, 1.82) is 0 Å². The molecule has 3 N–H and O–H groups in total. The quantitative estimate of drug-likeness (QED) is 0.902. The van der Waals surface area contributed by atoms with Crippen LogP contribution in [0, 0.1) is 0 Å². The molecule has 1 aliphatic rings. The van der Waals surface area contributed by atoms with Crippen molar-refractivity contribution in [2.75, 3.05) is 0 Å². The summed E-state index contributed by atoms with van der Waals surface area (Å²) in [5.74, 6) is -0.116. The van der Waals surface area contributed by atoms with E-state index in [4.69, 9.17) is 17.3 Å². The Hall–Kier alpha value is -1.43. The van der Waals surface area contributed by atoms with E-state index in [1.165, 1.54) is 11.3 Å². The fourth-order valence-corrected chi connectivity index (χ4v) is 3.78. The summed E-state index contributed by atoms with van der Waals surface area (Å²) in [5.41, 5.74) is 7.20. The van der Waals surface area contributed by atoms with Gasteiger partial charge >= 0.3 is 0 Å². The molecule has 1 amide bonds. The van der Waals surface area contributed by atoms with Crippen LogP contribution in [0.1, 0.15) is 36.2 Å². The van der Waals surface area contributed by atoms with Crippen molar-refractivity contribution >= 4 is 28.8 Å². The third kappa shape index (κ3) is 3.48. The van der Waals surface area contributed by atoms with Crippen LogP contribution in [0.25, 0.3) is 10.6 Å². The highest BCUT2D eigenvalue weighted by Crippen LogP contribution is 2.30. The van der Waals surface area contributed by atoms with Gasteiger partial charge in [-0.05, 0) is 31.7 Å². The minimum atomic E-state index is -0.116. The summed E-state index contributed by atoms with van der Waals surface area (Å²) in [6.45, 7) is 0. The van der Waals surface area contributed by atoms with Crippen LogP contribution >= 0.6 is 22.9 Å². The van der Waals surface area contributed by atoms with Gasteiger partial charge in [-0.15, -0.1) is 11.3 Å². The summed E-state index contributed by atoms with van der Waals surface area (Å²) in [4.78, 5) is 16.7. The van der Waals surface area contributed by atoms with Gasteiger partial charge in [-0.25, -0.2) is 4.98 Å². The van der Waals surface area contributed by atoms with E-state index in [2.05, 4.69) is 10.3 Å². The van der Waals surface area contributed by atoms with E-state index in [-0.39, 0.29) is 18.0 Å². The number of carbonyl (C=O) groups excluding carboxylic acids is 1. The summed E-state index contributed by atoms with van der Waals surface area (Å²) < 4.78 is 0. The highest BCUT2D eigenvalue weighted by molar-refractivity contribution is 7.13. The number of carbonyl (C=O) groups is 1. The molecule has 1 saturated carbocycles. The molecule has 4 nitrogen and oxygen atoms in total. The van der Waals surface area contributed by atoms with Crippen molar-refractivity contribution in [2.24, 2.45) is 5.73 Å². The van der Waals surface area contributed by atoms with Crippen LogP contribution in [-0.4, -0.2) is 23.0 Å². The van der Waals surface area contributed by atoms with E-state index < -0.39 is 0 Å². The van der Waals surface area contributed by atoms with Crippen LogP contribution in [-0.2, 0) is 0 Å². The van der Waals surface area contributed by atoms with Crippen LogP contribution in [0.15, 0.2) is 29.6 Å². The Morgan fingerprint density at radius 2 is 2.00 bits per heavy atom. The van der Waals surface area contributed by atoms with E-state index in [9.17, 15) is 4.79 Å². The highest BCUT2D eigenvalue weighted by atomic mass is 35.5. The zero-order valence-electron chi connectivity index (χ0n) is 12.1. The Morgan fingerprint density at radius 1 is 1.27 bits per heavy atom. The topological polar surface area (TPSA) is 68.0 Å². The first-order valence-electron chi connectivity index (χ1n) is 7.40. The third-order valence-corrected chi connectivity index (χ3v) is 5.15. The number of benzene rings is 1. The summed E-state index contributed by atoms with van der Waals surface area (Å²) >= 11 is 7.60. The molecule has 22 heavy (non-hydrogen) atoms. The van der Waals surface area contributed by atoms with Gasteiger partial charge in [0, 0.05) is 23.0 Å². The molecule has 2 aromatic rings. The Kier molecular flexibility index (Phi) is 4.76. The third-order valence-electron chi connectivity index (χ3n) is 3.95. The number of amides is 1. The lowest BCUT2D eigenvalue weighted by atomic mass is 9.92. The first-order valence-corrected chi connectivity index (χ1v) is 8.66. The van der Waals surface area contributed by atoms with Crippen molar-refractivity contribution < 1.29 is 4.79 Å². The van der Waals surface area contributed by atoms with Gasteiger partial charge in [-0.1, -0.05) is 29.8 Å². The molecule has 1 fully saturated rings. The molecule has 1 aliphatic carbocycles. The number of nitrogens with zero attached hydrogens (tertiary/aromatic N) is 1. The standard InChI is InChI=1S/C16H18ClN3OS/c17-13-4-2-1-3-12(13)16-20-14(9-22-16)15(21)19-11-7-5-10(18)6-8-11/h1-4,9-11H,5-8,18H2,(H,19,21). The van der Waals surface area contributed by atoms with E-state index in [1.54, 1.807) is 5.38 Å². The van der Waals surface area contributed by atoms with Gasteiger partial charge in [-0.3, -0.25) is 4.79 Å². The van der Waals surface area contributed by atoms with Crippen molar-refractivity contribution in [3.05, 3.63) is 40.4 Å². The number of rotatable bonds is 3. The monoisotopic (exact) mass is 335 g/mol. The number of hydrogen-bond acceptors (Lipinski definition) is 4. The first-order chi connectivity index (χ1) is 10.6. The molecule has 6 heteroatoms. The zero-order valence-corrected chi connectivity index (χ0v) is 13.7. The first kappa shape index (κ1) is 15.5. The van der Waals surface area contributed by atoms with Crippen LogP contribution in [0.3, 0.4) is 0 Å². The Balaban J connectivity index is 1.68. The normalized spacial score (nSPS) is 21.5. The summed E-state index contributed by atoms with van der Waals surface area (Å²) in [6.07, 6.45) is 3.81. The van der Waals surface area contributed by atoms with Gasteiger partial charge in [-0.2, -0.15) is 0 Å². The Bertz CT molecular complexity index is 665. The lowest BCUT2D eigenvalue weighted by molar-refractivity contribution is 0.0921. The van der Waals surface area contributed by atoms with Gasteiger partial charge in [0.15, 0.2) is 0 Å². The van der Waals surface area contributed by atoms with Crippen LogP contribution in [0.5, 0.6) is 0 Å². The lowest BCUT2D eigenvalue weighted by Crippen LogP contribution is -2.40. The number of halogens is 1. The van der Waals surface area contributed by atoms with Crippen LogP contribution in [0.4, 0.5) is 0 Å². The molecule has 0 unspecified atom stereocenters. The van der Waals surface area contributed by atoms with Gasteiger partial charge < -0.3 is 11.1 Å². The maximum atomic E-state index is 12.3. The average molecular weight is 336 g/mol. The van der Waals surface area contributed by atoms with Gasteiger partial charge in [0.2, 0.25) is 0 Å². The molecular formula is C16H18ClN3OS. The van der Waals surface area contributed by atoms with Gasteiger partial charge in [0.05, 0.1) is 5.02 Å². The lowest BCUT2D eigenvalue weighted by Gasteiger charge is -2.26. The molecule has 0 radical (unpaired) electrons. The maximum Gasteiger partial charge on any atom is 0.270 e. The number of nitrogens with one attached hydrogen (secondary N) is 1. The number of nitrogens with two attached hydrogens (primary N) is 1. The highest BCUT2D eigenvalue weighted by Gasteiger charge is 2.21. The van der Waals surface area contributed by atoms with Crippen molar-refractivity contribution in [3.63, 3.8) is 0 Å². The number of thiazole rings is 1. The molecule has 116 valence electrons. The van der Waals surface area contributed by atoms with E-state index in [0.717, 1.165) is 36.3 Å². The van der Waals surface area contributed by atoms with E-state index in [0.29, 0.717) is 10.7 Å². The van der Waals surface area contributed by atoms with Gasteiger partial charge in [0.25, 0.3) is 5.91 Å². The van der Waals surface area contributed by atoms with E-state index in [1.807, 2.05) is 24.3 Å². The Labute approximate surface area is 138 Å². The second-order valence-electron chi connectivity index (χ2n) is 5.60. The molecule has 0 bridgehead atoms. The zero-order chi connectivity index (χ0) is 15.5. The molecular weight excluding hydrogens is 318 g/mol. The fourth-order valence-electron chi connectivity index (χ4n) is 2.66. The molecule has 0 saturated heterocycles. The second kappa shape index (κ2) is 6.77. The number of aromatic nitrogens is 1. The fraction of sp³-hybridized carbons (Fsp3) is 0.375. The summed E-state index contributed by atoms with van der Waals surface area (Å²) in [5, 5.41) is 6.24. The molecule has 0 atom stereocenters. The summed E-state index contributed by atoms with van der Waals surface area (Å²) in [7, 11) is 0. The minimum absolute atomic E-state index is 0.116. The largest absolute Gasteiger partial charge is 0.348 e.